The molecule has 12 atom stereocenters. The van der Waals surface area contributed by atoms with Gasteiger partial charge >= 0.3 is 6.09 Å². The average Bonchev–Trinajstić information content (AvgIpc) is 3.73. The molecule has 7 rings (SSSR count). The molecule has 3 fully saturated rings. The van der Waals surface area contributed by atoms with Crippen molar-refractivity contribution in [3.63, 3.8) is 0 Å². The Balaban J connectivity index is 0.776. The number of fused-ring (bicyclic) bond motifs is 5. The second kappa shape index (κ2) is 24.2. The maximum atomic E-state index is 13.6. The smallest absolute Gasteiger partial charge is 0.407 e. The van der Waals surface area contributed by atoms with Crippen LogP contribution in [0, 0.1) is 46.3 Å². The average molecular weight is 1000 g/mol. The summed E-state index contributed by atoms with van der Waals surface area (Å²) in [7, 11) is 0. The standard InChI is InChI=1S/C56H83N5O11/c1-33(2)11-9-12-34(3)41-19-20-42-37-17-16-35-31-36(22-24-55(35,4)43(37)23-25-56(41,42)5)72-54(71)60-29-27-58-46(64)15-7-6-8-30-61-52(69)39-14-10-13-38-44(21-18-40(47(38)39)53(61)70)57-26-28-59-51(68)50(67)49(66)48(65)45(63)32-62/h10,13-14,16,18,21,33-34,36-37,41-43,45,48-50,57,62-63,65-67H,6-9,11-12,15,17,19-20,22-32H2,1-5H3,(H,58,64)(H,59,68)(H,60,71)/t34-,36?,37+,41-,42+,43+,45?,48?,49?,50?,55+,56-/m1/s1. The van der Waals surface area contributed by atoms with E-state index < -0.39 is 54.8 Å². The number of rotatable bonds is 24. The Labute approximate surface area is 425 Å². The molecule has 4 aliphatic carbocycles. The van der Waals surface area contributed by atoms with E-state index in [1.807, 2.05) is 0 Å². The van der Waals surface area contributed by atoms with Gasteiger partial charge in [0.25, 0.3) is 17.7 Å². The van der Waals surface area contributed by atoms with Gasteiger partial charge in [0, 0.05) is 73.2 Å². The van der Waals surface area contributed by atoms with Crippen molar-refractivity contribution >= 4 is 46.2 Å². The summed E-state index contributed by atoms with van der Waals surface area (Å²) >= 11 is 0. The number of carbonyl (C=O) groups is 5. The van der Waals surface area contributed by atoms with E-state index in [0.717, 1.165) is 55.3 Å². The fourth-order valence-electron chi connectivity index (χ4n) is 13.8. The van der Waals surface area contributed by atoms with E-state index >= 15 is 0 Å². The van der Waals surface area contributed by atoms with E-state index in [4.69, 9.17) is 9.84 Å². The van der Waals surface area contributed by atoms with E-state index in [1.165, 1.54) is 55.4 Å². The van der Waals surface area contributed by atoms with Gasteiger partial charge in [-0.05, 0) is 122 Å². The molecule has 0 spiro atoms. The molecule has 0 aromatic heterocycles. The maximum Gasteiger partial charge on any atom is 0.407 e. The van der Waals surface area contributed by atoms with Gasteiger partial charge in [0.15, 0.2) is 6.10 Å². The molecule has 3 saturated carbocycles. The lowest BCUT2D eigenvalue weighted by Gasteiger charge is -2.58. The highest BCUT2D eigenvalue weighted by atomic mass is 16.6. The normalized spacial score (nSPS) is 27.7. The van der Waals surface area contributed by atoms with Gasteiger partial charge in [0.05, 0.1) is 6.61 Å². The number of aliphatic hydroxyl groups is 5. The van der Waals surface area contributed by atoms with Gasteiger partial charge in [-0.15, -0.1) is 0 Å². The number of carbonyl (C=O) groups excluding carboxylic acids is 5. The highest BCUT2D eigenvalue weighted by Crippen LogP contribution is 2.67. The SMILES string of the molecule is CC(C)CCC[C@@H](C)[C@H]1CC[C@H]2[C@@H]3CC=C4CC(OC(=O)NCCNC(=O)CCCCCN5C(=O)c6cccc7c(NCCNC(=O)C(O)C(O)C(O)C(O)CO)ccc(c67)C5=O)CC[C@]4(C)[C@H]3CC[C@]12C. The Hall–Kier alpha value is -4.61. The number of imide groups is 1. The van der Waals surface area contributed by atoms with E-state index in [2.05, 4.69) is 62.0 Å². The summed E-state index contributed by atoms with van der Waals surface area (Å²) in [4.78, 5) is 66.3. The number of hydrogen-bond donors (Lipinski definition) is 9. The molecule has 398 valence electrons. The minimum atomic E-state index is -2.06. The van der Waals surface area contributed by atoms with Gasteiger partial charge in [0.2, 0.25) is 5.91 Å². The summed E-state index contributed by atoms with van der Waals surface area (Å²) in [6.07, 6.45) is 9.48. The van der Waals surface area contributed by atoms with E-state index in [0.29, 0.717) is 58.2 Å². The summed E-state index contributed by atoms with van der Waals surface area (Å²) in [6.45, 7) is 12.4. The molecule has 16 nitrogen and oxygen atoms in total. The molecule has 9 N–H and O–H groups in total. The van der Waals surface area contributed by atoms with Crippen LogP contribution in [0.4, 0.5) is 10.5 Å². The van der Waals surface area contributed by atoms with Crippen LogP contribution in [0.1, 0.15) is 152 Å². The largest absolute Gasteiger partial charge is 0.446 e. The molecule has 0 bridgehead atoms. The van der Waals surface area contributed by atoms with Crippen LogP contribution in [0.3, 0.4) is 0 Å². The van der Waals surface area contributed by atoms with Crippen molar-refractivity contribution in [2.24, 2.45) is 46.3 Å². The van der Waals surface area contributed by atoms with Gasteiger partial charge in [0.1, 0.15) is 24.4 Å². The zero-order valence-corrected chi connectivity index (χ0v) is 43.3. The first-order chi connectivity index (χ1) is 34.4. The predicted octanol–water partition coefficient (Wildman–Crippen LogP) is 6.21. The van der Waals surface area contributed by atoms with Crippen LogP contribution in [0.15, 0.2) is 42.0 Å². The third-order valence-corrected chi connectivity index (χ3v) is 17.8. The first-order valence-electron chi connectivity index (χ1n) is 27.1. The third kappa shape index (κ3) is 12.0. The zero-order chi connectivity index (χ0) is 51.9. The molecule has 16 heteroatoms. The lowest BCUT2D eigenvalue weighted by molar-refractivity contribution is -0.148. The van der Waals surface area contributed by atoms with Crippen molar-refractivity contribution in [1.82, 2.24) is 20.9 Å². The van der Waals surface area contributed by atoms with Gasteiger partial charge in [-0.1, -0.05) is 84.1 Å². The molecule has 0 saturated heterocycles. The molecule has 5 aliphatic rings. The Morgan fingerprint density at radius 2 is 1.53 bits per heavy atom. The molecular formula is C56H83N5O11. The van der Waals surface area contributed by atoms with Crippen molar-refractivity contribution in [3.8, 4) is 0 Å². The molecule has 1 heterocycles. The fraction of sp³-hybridized carbons (Fsp3) is 0.696. The summed E-state index contributed by atoms with van der Waals surface area (Å²) < 4.78 is 5.95. The fourth-order valence-corrected chi connectivity index (χ4v) is 13.8. The van der Waals surface area contributed by atoms with Gasteiger partial charge < -0.3 is 51.5 Å². The first-order valence-corrected chi connectivity index (χ1v) is 27.1. The molecule has 5 unspecified atom stereocenters. The van der Waals surface area contributed by atoms with Crippen molar-refractivity contribution in [3.05, 3.63) is 53.1 Å². The molecule has 2 aromatic rings. The van der Waals surface area contributed by atoms with Crippen LogP contribution in [0.25, 0.3) is 10.8 Å². The van der Waals surface area contributed by atoms with E-state index in [1.54, 1.807) is 30.3 Å². The third-order valence-electron chi connectivity index (χ3n) is 17.8. The van der Waals surface area contributed by atoms with E-state index in [9.17, 15) is 44.4 Å². The number of amides is 5. The van der Waals surface area contributed by atoms with Crippen molar-refractivity contribution in [2.45, 2.75) is 161 Å². The number of nitrogens with one attached hydrogen (secondary N) is 4. The summed E-state index contributed by atoms with van der Waals surface area (Å²) in [5, 5.41) is 60.7. The van der Waals surface area contributed by atoms with Crippen LogP contribution < -0.4 is 21.3 Å². The minimum Gasteiger partial charge on any atom is -0.446 e. The number of aliphatic hydroxyl groups excluding tert-OH is 5. The second-order valence-corrected chi connectivity index (χ2v) is 22.7. The van der Waals surface area contributed by atoms with Crippen LogP contribution >= 0.6 is 0 Å². The Kier molecular flexibility index (Phi) is 18.5. The van der Waals surface area contributed by atoms with Crippen molar-refractivity contribution < 1.29 is 54.2 Å². The Morgan fingerprint density at radius 1 is 0.792 bits per heavy atom. The highest BCUT2D eigenvalue weighted by molar-refractivity contribution is 6.26. The van der Waals surface area contributed by atoms with E-state index in [-0.39, 0.29) is 56.6 Å². The Morgan fingerprint density at radius 3 is 2.28 bits per heavy atom. The topological polar surface area (TPSA) is 247 Å². The molecule has 5 amide bonds. The maximum absolute atomic E-state index is 13.6. The number of nitrogens with zero attached hydrogens (tertiary/aromatic N) is 1. The lowest BCUT2D eigenvalue weighted by Crippen LogP contribution is -2.52. The Bertz CT molecular complexity index is 2270. The summed E-state index contributed by atoms with van der Waals surface area (Å²) in [6, 6.07) is 8.50. The molecule has 2 aromatic carbocycles. The second-order valence-electron chi connectivity index (χ2n) is 22.7. The molecular weight excluding hydrogens is 919 g/mol. The van der Waals surface area contributed by atoms with Crippen LogP contribution in [0.2, 0.25) is 0 Å². The predicted molar refractivity (Wildman–Crippen MR) is 275 cm³/mol. The lowest BCUT2D eigenvalue weighted by atomic mass is 9.47. The molecule has 1 aliphatic heterocycles. The van der Waals surface area contributed by atoms with Crippen molar-refractivity contribution in [1.29, 1.82) is 0 Å². The zero-order valence-electron chi connectivity index (χ0n) is 43.3. The summed E-state index contributed by atoms with van der Waals surface area (Å²) in [5.41, 5.74) is 3.47. The first kappa shape index (κ1) is 55.1. The quantitative estimate of drug-likeness (QED) is 0.0324. The van der Waals surface area contributed by atoms with Gasteiger partial charge in [-0.25, -0.2) is 4.79 Å². The number of alkyl carbamates (subject to hydrolysis) is 1. The minimum absolute atomic E-state index is 0.0102. The number of unbranched alkanes of at least 4 members (excludes halogenated alkanes) is 2. The van der Waals surface area contributed by atoms with Gasteiger partial charge in [-0.2, -0.15) is 0 Å². The van der Waals surface area contributed by atoms with Crippen LogP contribution in [-0.4, -0.2) is 130 Å². The van der Waals surface area contributed by atoms with Gasteiger partial charge in [-0.3, -0.25) is 24.1 Å². The monoisotopic (exact) mass is 1000 g/mol. The summed E-state index contributed by atoms with van der Waals surface area (Å²) in [5.74, 6) is 2.73. The number of anilines is 1. The molecule has 0 radical (unpaired) electrons. The van der Waals surface area contributed by atoms with Crippen LogP contribution in [-0.2, 0) is 14.3 Å². The number of allylic oxidation sites excluding steroid dienone is 1. The van der Waals surface area contributed by atoms with Crippen LogP contribution in [0.5, 0.6) is 0 Å². The highest BCUT2D eigenvalue weighted by Gasteiger charge is 2.59. The number of benzene rings is 2. The number of ether oxygens (including phenoxy) is 1. The van der Waals surface area contributed by atoms with Crippen molar-refractivity contribution in [2.75, 3.05) is 44.6 Å². The molecule has 72 heavy (non-hydrogen) atoms. The number of hydrogen-bond acceptors (Lipinski definition) is 12.